The fourth-order valence-electron chi connectivity index (χ4n) is 2.44. The Morgan fingerprint density at radius 2 is 2.10 bits per heavy atom. The zero-order valence-electron chi connectivity index (χ0n) is 12.0. The number of ether oxygens (including phenoxy) is 1. The molecule has 2 atom stereocenters. The fraction of sp³-hybridized carbons (Fsp3) is 0.500. The summed E-state index contributed by atoms with van der Waals surface area (Å²) >= 11 is 0. The lowest BCUT2D eigenvalue weighted by Gasteiger charge is -2.16. The Morgan fingerprint density at radius 3 is 2.71 bits per heavy atom. The molecular weight excluding hydrogens is 270 g/mol. The van der Waals surface area contributed by atoms with Crippen LogP contribution in [0.3, 0.4) is 0 Å². The van der Waals surface area contributed by atoms with E-state index in [1.807, 2.05) is 30.3 Å². The molecule has 0 aromatic heterocycles. The summed E-state index contributed by atoms with van der Waals surface area (Å²) in [5.41, 5.74) is 1.18. The Hall–Kier alpha value is -1.88. The average molecular weight is 291 g/mol. The highest BCUT2D eigenvalue weighted by molar-refractivity contribution is 5.85. The molecule has 1 aliphatic rings. The molecule has 1 amide bonds. The number of carboxylic acid groups (broad SMARTS) is 1. The van der Waals surface area contributed by atoms with Crippen molar-refractivity contribution >= 4 is 11.9 Å². The highest BCUT2D eigenvalue weighted by atomic mass is 16.5. The van der Waals surface area contributed by atoms with Crippen LogP contribution in [0.25, 0.3) is 0 Å². The van der Waals surface area contributed by atoms with Gasteiger partial charge in [-0.15, -0.1) is 0 Å². The van der Waals surface area contributed by atoms with E-state index in [0.717, 1.165) is 12.8 Å². The predicted octanol–water partition coefficient (Wildman–Crippen LogP) is 1.62. The molecule has 1 fully saturated rings. The summed E-state index contributed by atoms with van der Waals surface area (Å²) in [6.45, 7) is 0.964. The van der Waals surface area contributed by atoms with Crippen molar-refractivity contribution in [2.45, 2.75) is 31.7 Å². The quantitative estimate of drug-likeness (QED) is 0.800. The van der Waals surface area contributed by atoms with Gasteiger partial charge in [0.1, 0.15) is 6.04 Å². The van der Waals surface area contributed by atoms with E-state index in [1.165, 1.54) is 5.56 Å². The van der Waals surface area contributed by atoms with Gasteiger partial charge in [0.2, 0.25) is 5.91 Å². The number of hydrogen-bond acceptors (Lipinski definition) is 3. The van der Waals surface area contributed by atoms with E-state index in [0.29, 0.717) is 26.1 Å². The molecule has 2 rings (SSSR count). The van der Waals surface area contributed by atoms with Gasteiger partial charge in [0.15, 0.2) is 0 Å². The third kappa shape index (κ3) is 4.86. The van der Waals surface area contributed by atoms with E-state index in [-0.39, 0.29) is 11.8 Å². The van der Waals surface area contributed by atoms with Crippen molar-refractivity contribution in [1.29, 1.82) is 0 Å². The van der Waals surface area contributed by atoms with Gasteiger partial charge in [-0.1, -0.05) is 30.3 Å². The Labute approximate surface area is 124 Å². The van der Waals surface area contributed by atoms with E-state index in [2.05, 4.69) is 5.32 Å². The van der Waals surface area contributed by atoms with Crippen molar-refractivity contribution in [3.8, 4) is 0 Å². The van der Waals surface area contributed by atoms with Crippen molar-refractivity contribution in [2.24, 2.45) is 5.92 Å². The van der Waals surface area contributed by atoms with Crippen LogP contribution in [0.5, 0.6) is 0 Å². The number of hydrogen-bond donors (Lipinski definition) is 2. The lowest BCUT2D eigenvalue weighted by Crippen LogP contribution is -2.43. The largest absolute Gasteiger partial charge is 0.480 e. The minimum Gasteiger partial charge on any atom is -0.480 e. The number of rotatable bonds is 7. The van der Waals surface area contributed by atoms with E-state index >= 15 is 0 Å². The van der Waals surface area contributed by atoms with Gasteiger partial charge in [-0.25, -0.2) is 4.79 Å². The van der Waals surface area contributed by atoms with Crippen molar-refractivity contribution < 1.29 is 19.4 Å². The van der Waals surface area contributed by atoms with E-state index < -0.39 is 12.0 Å². The maximum absolute atomic E-state index is 11.9. The number of carbonyl (C=O) groups is 2. The number of carbonyl (C=O) groups excluding carboxylic acids is 1. The molecule has 0 aliphatic carbocycles. The molecule has 1 saturated heterocycles. The predicted molar refractivity (Wildman–Crippen MR) is 77.9 cm³/mol. The van der Waals surface area contributed by atoms with E-state index in [1.54, 1.807) is 0 Å². The van der Waals surface area contributed by atoms with Crippen LogP contribution in [-0.4, -0.2) is 36.2 Å². The molecule has 1 aliphatic heterocycles. The standard InChI is InChI=1S/C16H21NO4/c18-15(13-9-10-21-11-13)17-14(16(19)20)8-4-7-12-5-2-1-3-6-12/h1-3,5-6,13-14H,4,7-11H2,(H,17,18)(H,19,20)/t13-,14-/m0/s1. The third-order valence-corrected chi connectivity index (χ3v) is 3.72. The van der Waals surface area contributed by atoms with Crippen LogP contribution in [-0.2, 0) is 20.7 Å². The molecule has 0 radical (unpaired) electrons. The number of nitrogens with one attached hydrogen (secondary N) is 1. The highest BCUT2D eigenvalue weighted by Gasteiger charge is 2.27. The van der Waals surface area contributed by atoms with Crippen molar-refractivity contribution in [3.05, 3.63) is 35.9 Å². The Kier molecular flexibility index (Phi) is 5.75. The van der Waals surface area contributed by atoms with E-state index in [9.17, 15) is 14.7 Å². The van der Waals surface area contributed by atoms with Crippen LogP contribution in [0.2, 0.25) is 0 Å². The second-order valence-corrected chi connectivity index (χ2v) is 5.34. The van der Waals surface area contributed by atoms with Crippen molar-refractivity contribution in [2.75, 3.05) is 13.2 Å². The van der Waals surface area contributed by atoms with Crippen LogP contribution in [0, 0.1) is 5.92 Å². The molecule has 114 valence electrons. The maximum atomic E-state index is 11.9. The number of aryl methyl sites for hydroxylation is 1. The first-order valence-corrected chi connectivity index (χ1v) is 7.31. The van der Waals surface area contributed by atoms with Gasteiger partial charge in [-0.3, -0.25) is 4.79 Å². The molecular formula is C16H21NO4. The molecule has 0 saturated carbocycles. The highest BCUT2D eigenvalue weighted by Crippen LogP contribution is 2.13. The summed E-state index contributed by atoms with van der Waals surface area (Å²) in [7, 11) is 0. The lowest BCUT2D eigenvalue weighted by atomic mass is 10.0. The van der Waals surface area contributed by atoms with Gasteiger partial charge in [-0.2, -0.15) is 0 Å². The van der Waals surface area contributed by atoms with Gasteiger partial charge in [0.25, 0.3) is 0 Å². The summed E-state index contributed by atoms with van der Waals surface area (Å²) in [5, 5.41) is 11.8. The number of benzene rings is 1. The van der Waals surface area contributed by atoms with Gasteiger partial charge in [-0.05, 0) is 31.2 Å². The number of amides is 1. The zero-order valence-corrected chi connectivity index (χ0v) is 12.0. The van der Waals surface area contributed by atoms with Crippen LogP contribution in [0.15, 0.2) is 30.3 Å². The van der Waals surface area contributed by atoms with Crippen LogP contribution >= 0.6 is 0 Å². The first-order chi connectivity index (χ1) is 10.2. The second kappa shape index (κ2) is 7.78. The summed E-state index contributed by atoms with van der Waals surface area (Å²) in [5.74, 6) is -1.39. The topological polar surface area (TPSA) is 75.6 Å². The molecule has 1 aromatic carbocycles. The van der Waals surface area contributed by atoms with Crippen molar-refractivity contribution in [1.82, 2.24) is 5.32 Å². The molecule has 0 unspecified atom stereocenters. The van der Waals surface area contributed by atoms with E-state index in [4.69, 9.17) is 4.74 Å². The Morgan fingerprint density at radius 1 is 1.33 bits per heavy atom. The third-order valence-electron chi connectivity index (χ3n) is 3.72. The zero-order chi connectivity index (χ0) is 15.1. The summed E-state index contributed by atoms with van der Waals surface area (Å²) in [6.07, 6.45) is 2.64. The van der Waals surface area contributed by atoms with Crippen LogP contribution in [0.1, 0.15) is 24.8 Å². The molecule has 5 heteroatoms. The smallest absolute Gasteiger partial charge is 0.326 e. The van der Waals surface area contributed by atoms with Gasteiger partial charge < -0.3 is 15.2 Å². The monoisotopic (exact) mass is 291 g/mol. The van der Waals surface area contributed by atoms with Gasteiger partial charge >= 0.3 is 5.97 Å². The first kappa shape index (κ1) is 15.5. The summed E-state index contributed by atoms with van der Waals surface area (Å²) < 4.78 is 5.15. The number of aliphatic carboxylic acids is 1. The van der Waals surface area contributed by atoms with Crippen LogP contribution in [0.4, 0.5) is 0 Å². The molecule has 2 N–H and O–H groups in total. The maximum Gasteiger partial charge on any atom is 0.326 e. The molecule has 1 heterocycles. The first-order valence-electron chi connectivity index (χ1n) is 7.31. The molecule has 0 bridgehead atoms. The van der Waals surface area contributed by atoms with Gasteiger partial charge in [0, 0.05) is 6.61 Å². The summed E-state index contributed by atoms with van der Waals surface area (Å²) in [4.78, 5) is 23.2. The van der Waals surface area contributed by atoms with Crippen molar-refractivity contribution in [3.63, 3.8) is 0 Å². The number of carboxylic acids is 1. The lowest BCUT2D eigenvalue weighted by molar-refractivity contribution is -0.142. The Bertz CT molecular complexity index is 468. The Balaban J connectivity index is 1.79. The molecule has 21 heavy (non-hydrogen) atoms. The van der Waals surface area contributed by atoms with Gasteiger partial charge in [0.05, 0.1) is 12.5 Å². The normalized spacial score (nSPS) is 19.1. The van der Waals surface area contributed by atoms with Crippen LogP contribution < -0.4 is 5.32 Å². The molecule has 1 aromatic rings. The average Bonchev–Trinajstić information content (AvgIpc) is 3.01. The SMILES string of the molecule is O=C(N[C@@H](CCCc1ccccc1)C(=O)O)[C@H]1CCOC1. The summed E-state index contributed by atoms with van der Waals surface area (Å²) in [6, 6.07) is 9.10. The minimum atomic E-state index is -0.977. The molecule has 5 nitrogen and oxygen atoms in total. The second-order valence-electron chi connectivity index (χ2n) is 5.34. The molecule has 0 spiro atoms. The minimum absolute atomic E-state index is 0.207. The fourth-order valence-corrected chi connectivity index (χ4v) is 2.44.